The second-order valence-corrected chi connectivity index (χ2v) is 4.32. The normalized spacial score (nSPS) is 11.1. The highest BCUT2D eigenvalue weighted by atomic mass is 35.5. The third-order valence-corrected chi connectivity index (χ3v) is 2.97. The lowest BCUT2D eigenvalue weighted by molar-refractivity contribution is 0.570. The van der Waals surface area contributed by atoms with Crippen molar-refractivity contribution in [2.24, 2.45) is 0 Å². The van der Waals surface area contributed by atoms with Crippen molar-refractivity contribution in [2.45, 2.75) is 33.1 Å². The van der Waals surface area contributed by atoms with Crippen LogP contribution in [0.5, 0.6) is 0 Å². The number of hydrogen-bond acceptors (Lipinski definition) is 1. The van der Waals surface area contributed by atoms with Crippen molar-refractivity contribution < 1.29 is 4.42 Å². The first-order valence-corrected chi connectivity index (χ1v) is 5.77. The van der Waals surface area contributed by atoms with Crippen molar-refractivity contribution >= 4 is 22.6 Å². The molecule has 0 aliphatic rings. The van der Waals surface area contributed by atoms with Crippen molar-refractivity contribution in [3.8, 4) is 0 Å². The quantitative estimate of drug-likeness (QED) is 0.731. The van der Waals surface area contributed by atoms with E-state index in [2.05, 4.69) is 6.92 Å². The van der Waals surface area contributed by atoms with Gasteiger partial charge in [-0.2, -0.15) is 0 Å². The molecule has 0 amide bonds. The van der Waals surface area contributed by atoms with Gasteiger partial charge in [0.05, 0.1) is 0 Å². The van der Waals surface area contributed by atoms with Gasteiger partial charge in [-0.15, -0.1) is 0 Å². The molecule has 1 heterocycles. The Morgan fingerprint density at radius 2 is 2.13 bits per heavy atom. The molecular formula is C13H15ClO. The fraction of sp³-hybridized carbons (Fsp3) is 0.385. The van der Waals surface area contributed by atoms with E-state index in [-0.39, 0.29) is 0 Å². The van der Waals surface area contributed by atoms with E-state index in [1.54, 1.807) is 0 Å². The van der Waals surface area contributed by atoms with Crippen LogP contribution in [0.2, 0.25) is 5.02 Å². The summed E-state index contributed by atoms with van der Waals surface area (Å²) in [5.74, 6) is 1.03. The second-order valence-electron chi connectivity index (χ2n) is 3.88. The lowest BCUT2D eigenvalue weighted by Gasteiger charge is -1.98. The first-order chi connectivity index (χ1) is 7.22. The van der Waals surface area contributed by atoms with Crippen molar-refractivity contribution in [1.29, 1.82) is 0 Å². The fourth-order valence-electron chi connectivity index (χ4n) is 1.91. The molecule has 1 aromatic carbocycles. The number of benzene rings is 1. The van der Waals surface area contributed by atoms with Gasteiger partial charge < -0.3 is 4.42 Å². The maximum Gasteiger partial charge on any atom is 0.134 e. The van der Waals surface area contributed by atoms with Gasteiger partial charge in [-0.1, -0.05) is 24.9 Å². The van der Waals surface area contributed by atoms with Gasteiger partial charge in [0.1, 0.15) is 11.3 Å². The molecule has 1 aromatic heterocycles. The van der Waals surface area contributed by atoms with Crippen LogP contribution in [0, 0.1) is 6.92 Å². The minimum Gasteiger partial charge on any atom is -0.461 e. The molecule has 0 atom stereocenters. The van der Waals surface area contributed by atoms with Crippen molar-refractivity contribution in [2.75, 3.05) is 0 Å². The fourth-order valence-corrected chi connectivity index (χ4v) is 2.08. The van der Waals surface area contributed by atoms with Crippen LogP contribution < -0.4 is 0 Å². The highest BCUT2D eigenvalue weighted by Crippen LogP contribution is 2.29. The molecule has 2 aromatic rings. The number of aryl methyl sites for hydroxylation is 2. The average molecular weight is 223 g/mol. The van der Waals surface area contributed by atoms with E-state index < -0.39 is 0 Å². The Bertz CT molecular complexity index is 471. The predicted molar refractivity (Wildman–Crippen MR) is 64.6 cm³/mol. The molecule has 15 heavy (non-hydrogen) atoms. The zero-order valence-electron chi connectivity index (χ0n) is 9.14. The van der Waals surface area contributed by atoms with E-state index in [4.69, 9.17) is 16.0 Å². The van der Waals surface area contributed by atoms with Gasteiger partial charge in [-0.25, -0.2) is 0 Å². The SMILES string of the molecule is CCCCc1c(C)oc2ccc(Cl)cc12. The summed E-state index contributed by atoms with van der Waals surface area (Å²) < 4.78 is 5.69. The maximum atomic E-state index is 5.99. The Hall–Kier alpha value is -0.950. The Balaban J connectivity index is 2.50. The number of hydrogen-bond donors (Lipinski definition) is 0. The van der Waals surface area contributed by atoms with E-state index in [0.717, 1.165) is 22.8 Å². The number of unbranched alkanes of at least 4 members (excludes halogenated alkanes) is 1. The molecule has 2 rings (SSSR count). The molecule has 0 radical (unpaired) electrons. The molecular weight excluding hydrogens is 208 g/mol. The monoisotopic (exact) mass is 222 g/mol. The molecule has 0 spiro atoms. The van der Waals surface area contributed by atoms with Crippen LogP contribution in [-0.2, 0) is 6.42 Å². The number of fused-ring (bicyclic) bond motifs is 1. The van der Waals surface area contributed by atoms with Crippen LogP contribution in [0.3, 0.4) is 0 Å². The van der Waals surface area contributed by atoms with Crippen LogP contribution in [0.4, 0.5) is 0 Å². The van der Waals surface area contributed by atoms with E-state index in [9.17, 15) is 0 Å². The molecule has 1 nitrogen and oxygen atoms in total. The van der Waals surface area contributed by atoms with E-state index >= 15 is 0 Å². The summed E-state index contributed by atoms with van der Waals surface area (Å²) in [7, 11) is 0. The van der Waals surface area contributed by atoms with Crippen molar-refractivity contribution in [1.82, 2.24) is 0 Å². The molecule has 0 saturated heterocycles. The van der Waals surface area contributed by atoms with Crippen molar-refractivity contribution in [3.63, 3.8) is 0 Å². The zero-order chi connectivity index (χ0) is 10.8. The molecule has 0 saturated carbocycles. The average Bonchev–Trinajstić information content (AvgIpc) is 2.51. The first-order valence-electron chi connectivity index (χ1n) is 5.40. The topological polar surface area (TPSA) is 13.1 Å². The molecule has 0 aliphatic carbocycles. The largest absolute Gasteiger partial charge is 0.461 e. The van der Waals surface area contributed by atoms with Crippen LogP contribution in [0.25, 0.3) is 11.0 Å². The lowest BCUT2D eigenvalue weighted by Crippen LogP contribution is -1.85. The summed E-state index contributed by atoms with van der Waals surface area (Å²) in [5, 5.41) is 1.95. The number of furan rings is 1. The van der Waals surface area contributed by atoms with Gasteiger partial charge in [0.2, 0.25) is 0 Å². The molecule has 2 heteroatoms. The van der Waals surface area contributed by atoms with E-state index in [1.165, 1.54) is 23.8 Å². The summed E-state index contributed by atoms with van der Waals surface area (Å²) in [5.41, 5.74) is 2.26. The van der Waals surface area contributed by atoms with Gasteiger partial charge in [0, 0.05) is 16.0 Å². The Morgan fingerprint density at radius 1 is 1.33 bits per heavy atom. The Morgan fingerprint density at radius 3 is 2.87 bits per heavy atom. The van der Waals surface area contributed by atoms with E-state index in [0.29, 0.717) is 0 Å². The minimum absolute atomic E-state index is 0.779. The molecule has 0 aliphatic heterocycles. The van der Waals surface area contributed by atoms with Crippen LogP contribution >= 0.6 is 11.6 Å². The van der Waals surface area contributed by atoms with Gasteiger partial charge in [-0.3, -0.25) is 0 Å². The summed E-state index contributed by atoms with van der Waals surface area (Å²) in [6, 6.07) is 5.81. The smallest absolute Gasteiger partial charge is 0.134 e. The van der Waals surface area contributed by atoms with E-state index in [1.807, 2.05) is 25.1 Å². The van der Waals surface area contributed by atoms with Gasteiger partial charge in [0.25, 0.3) is 0 Å². The van der Waals surface area contributed by atoms with Crippen LogP contribution in [0.1, 0.15) is 31.1 Å². The summed E-state index contributed by atoms with van der Waals surface area (Å²) in [6.45, 7) is 4.23. The third-order valence-electron chi connectivity index (χ3n) is 2.74. The first kappa shape index (κ1) is 10.6. The second kappa shape index (κ2) is 4.28. The third kappa shape index (κ3) is 2.03. The molecule has 0 fully saturated rings. The maximum absolute atomic E-state index is 5.99. The summed E-state index contributed by atoms with van der Waals surface area (Å²) in [6.07, 6.45) is 3.48. The molecule has 0 N–H and O–H groups in total. The van der Waals surface area contributed by atoms with Crippen LogP contribution in [0.15, 0.2) is 22.6 Å². The molecule has 0 unspecified atom stereocenters. The standard InChI is InChI=1S/C13H15ClO/c1-3-4-5-11-9(2)15-13-7-6-10(14)8-12(11)13/h6-8H,3-5H2,1-2H3. The molecule has 80 valence electrons. The highest BCUT2D eigenvalue weighted by Gasteiger charge is 2.10. The van der Waals surface area contributed by atoms with Gasteiger partial charge >= 0.3 is 0 Å². The van der Waals surface area contributed by atoms with Crippen molar-refractivity contribution in [3.05, 3.63) is 34.5 Å². The minimum atomic E-state index is 0.779. The highest BCUT2D eigenvalue weighted by molar-refractivity contribution is 6.31. The zero-order valence-corrected chi connectivity index (χ0v) is 9.90. The number of halogens is 1. The summed E-state index contributed by atoms with van der Waals surface area (Å²) >= 11 is 5.99. The Kier molecular flexibility index (Phi) is 3.01. The van der Waals surface area contributed by atoms with Gasteiger partial charge in [0.15, 0.2) is 0 Å². The Labute approximate surface area is 95.0 Å². The number of rotatable bonds is 3. The lowest BCUT2D eigenvalue weighted by atomic mass is 10.1. The molecule has 0 bridgehead atoms. The predicted octanol–water partition coefficient (Wildman–Crippen LogP) is 4.74. The van der Waals surface area contributed by atoms with Gasteiger partial charge in [-0.05, 0) is 38.0 Å². The summed E-state index contributed by atoms with van der Waals surface area (Å²) in [4.78, 5) is 0. The van der Waals surface area contributed by atoms with Crippen LogP contribution in [-0.4, -0.2) is 0 Å².